The molecule has 0 aliphatic heterocycles. The van der Waals surface area contributed by atoms with Crippen molar-refractivity contribution in [3.8, 4) is 0 Å². The number of rotatable bonds is 5. The lowest BCUT2D eigenvalue weighted by Gasteiger charge is -2.09. The zero-order valence-electron chi connectivity index (χ0n) is 10.6. The Morgan fingerprint density at radius 3 is 2.52 bits per heavy atom. The SMILES string of the molecule is COC(=O)C(I)CNC(=O)c1cc(F)c(F)cc1[N+](=O)[O-]. The zero-order chi connectivity index (χ0) is 16.2. The number of nitrogens with zero attached hydrogens (tertiary/aromatic N) is 1. The zero-order valence-corrected chi connectivity index (χ0v) is 12.7. The summed E-state index contributed by atoms with van der Waals surface area (Å²) < 4.78 is 29.8. The van der Waals surface area contributed by atoms with Crippen molar-refractivity contribution >= 4 is 40.2 Å². The van der Waals surface area contributed by atoms with Gasteiger partial charge in [-0.3, -0.25) is 19.7 Å². The fourth-order valence-electron chi connectivity index (χ4n) is 1.36. The molecule has 0 aromatic heterocycles. The smallest absolute Gasteiger partial charge is 0.320 e. The van der Waals surface area contributed by atoms with Crippen molar-refractivity contribution in [2.75, 3.05) is 13.7 Å². The minimum atomic E-state index is -1.43. The molecule has 1 atom stereocenters. The monoisotopic (exact) mass is 414 g/mol. The highest BCUT2D eigenvalue weighted by Crippen LogP contribution is 2.22. The summed E-state index contributed by atoms with van der Waals surface area (Å²) in [6, 6.07) is 0.759. The van der Waals surface area contributed by atoms with Crippen LogP contribution in [-0.4, -0.2) is 34.4 Å². The van der Waals surface area contributed by atoms with E-state index >= 15 is 0 Å². The van der Waals surface area contributed by atoms with E-state index < -0.39 is 43.6 Å². The van der Waals surface area contributed by atoms with E-state index in [1.807, 2.05) is 0 Å². The first-order chi connectivity index (χ1) is 9.77. The van der Waals surface area contributed by atoms with Crippen LogP contribution in [0, 0.1) is 21.7 Å². The van der Waals surface area contributed by atoms with Gasteiger partial charge in [-0.15, -0.1) is 0 Å². The molecule has 1 rings (SSSR count). The molecule has 0 fully saturated rings. The number of nitro benzene ring substituents is 1. The number of benzene rings is 1. The number of hydrogen-bond donors (Lipinski definition) is 1. The standard InChI is InChI=1S/C11H9F2IN2O5/c1-21-11(18)8(14)4-15-10(17)5-2-6(12)7(13)3-9(5)16(19)20/h2-3,8H,4H2,1H3,(H,15,17). The van der Waals surface area contributed by atoms with E-state index in [4.69, 9.17) is 0 Å². The molecule has 0 saturated heterocycles. The number of alkyl halides is 1. The van der Waals surface area contributed by atoms with Crippen molar-refractivity contribution in [3.05, 3.63) is 39.4 Å². The van der Waals surface area contributed by atoms with Crippen LogP contribution in [0.1, 0.15) is 10.4 Å². The van der Waals surface area contributed by atoms with Gasteiger partial charge in [0.2, 0.25) is 0 Å². The molecule has 1 N–H and O–H groups in total. The quantitative estimate of drug-likeness (QED) is 0.260. The first-order valence-corrected chi connectivity index (χ1v) is 6.66. The number of nitrogens with one attached hydrogen (secondary N) is 1. The molecule has 0 spiro atoms. The predicted octanol–water partition coefficient (Wildman–Crippen LogP) is 1.58. The lowest BCUT2D eigenvalue weighted by molar-refractivity contribution is -0.385. The summed E-state index contributed by atoms with van der Waals surface area (Å²) in [7, 11) is 1.16. The van der Waals surface area contributed by atoms with Crippen LogP contribution in [0.4, 0.5) is 14.5 Å². The maximum absolute atomic E-state index is 13.1. The Kier molecular flexibility index (Phi) is 5.93. The first-order valence-electron chi connectivity index (χ1n) is 5.41. The van der Waals surface area contributed by atoms with E-state index in [9.17, 15) is 28.5 Å². The van der Waals surface area contributed by atoms with E-state index in [-0.39, 0.29) is 6.54 Å². The highest BCUT2D eigenvalue weighted by molar-refractivity contribution is 14.1. The second-order valence-corrected chi connectivity index (χ2v) is 5.24. The van der Waals surface area contributed by atoms with Crippen LogP contribution in [0.25, 0.3) is 0 Å². The minimum absolute atomic E-state index is 0.178. The predicted molar refractivity (Wildman–Crippen MR) is 75.2 cm³/mol. The summed E-state index contributed by atoms with van der Waals surface area (Å²) >= 11 is 1.70. The summed E-state index contributed by atoms with van der Waals surface area (Å²) in [6.07, 6.45) is 0. The average Bonchev–Trinajstić information content (AvgIpc) is 2.45. The third kappa shape index (κ3) is 4.31. The van der Waals surface area contributed by atoms with Gasteiger partial charge in [0.15, 0.2) is 11.6 Å². The van der Waals surface area contributed by atoms with Crippen molar-refractivity contribution in [2.24, 2.45) is 0 Å². The number of amides is 1. The molecule has 0 radical (unpaired) electrons. The second kappa shape index (κ2) is 7.24. The van der Waals surface area contributed by atoms with Crippen LogP contribution >= 0.6 is 22.6 Å². The molecule has 21 heavy (non-hydrogen) atoms. The van der Waals surface area contributed by atoms with Crippen LogP contribution < -0.4 is 5.32 Å². The largest absolute Gasteiger partial charge is 0.468 e. The van der Waals surface area contributed by atoms with Crippen LogP contribution in [0.2, 0.25) is 0 Å². The van der Waals surface area contributed by atoms with Crippen molar-refractivity contribution in [1.29, 1.82) is 0 Å². The molecule has 0 bridgehead atoms. The second-order valence-electron chi connectivity index (χ2n) is 3.74. The van der Waals surface area contributed by atoms with Crippen LogP contribution in [0.15, 0.2) is 12.1 Å². The highest BCUT2D eigenvalue weighted by atomic mass is 127. The Hall–Kier alpha value is -1.85. The molecule has 1 unspecified atom stereocenters. The van der Waals surface area contributed by atoms with Crippen LogP contribution in [-0.2, 0) is 9.53 Å². The molecule has 1 aromatic carbocycles. The molecule has 0 aliphatic rings. The third-order valence-electron chi connectivity index (χ3n) is 2.38. The molecule has 114 valence electrons. The third-order valence-corrected chi connectivity index (χ3v) is 3.33. The number of carbonyl (C=O) groups is 2. The van der Waals surface area contributed by atoms with Crippen LogP contribution in [0.3, 0.4) is 0 Å². The molecular weight excluding hydrogens is 405 g/mol. The van der Waals surface area contributed by atoms with Crippen molar-refractivity contribution < 1.29 is 28.0 Å². The van der Waals surface area contributed by atoms with E-state index in [1.54, 1.807) is 22.6 Å². The normalized spacial score (nSPS) is 11.6. The Labute approximate surface area is 130 Å². The molecule has 7 nitrogen and oxygen atoms in total. The number of hydrogen-bond acceptors (Lipinski definition) is 5. The van der Waals surface area contributed by atoms with Gasteiger partial charge in [0.05, 0.1) is 18.1 Å². The molecule has 1 aromatic rings. The summed E-state index contributed by atoms with van der Waals surface area (Å²) in [5.41, 5.74) is -1.50. The number of nitro groups is 1. The average molecular weight is 414 g/mol. The van der Waals surface area contributed by atoms with E-state index in [0.29, 0.717) is 12.1 Å². The molecular formula is C11H9F2IN2O5. The van der Waals surface area contributed by atoms with Gasteiger partial charge in [-0.2, -0.15) is 0 Å². The Bertz CT molecular complexity index is 596. The number of esters is 1. The molecule has 10 heteroatoms. The topological polar surface area (TPSA) is 98.5 Å². The van der Waals surface area contributed by atoms with Crippen molar-refractivity contribution in [3.63, 3.8) is 0 Å². The van der Waals surface area contributed by atoms with Gasteiger partial charge in [-0.1, -0.05) is 22.6 Å². The van der Waals surface area contributed by atoms with Gasteiger partial charge in [-0.25, -0.2) is 8.78 Å². The van der Waals surface area contributed by atoms with Gasteiger partial charge in [0.25, 0.3) is 11.6 Å². The fourth-order valence-corrected chi connectivity index (χ4v) is 1.83. The minimum Gasteiger partial charge on any atom is -0.468 e. The van der Waals surface area contributed by atoms with Gasteiger partial charge in [0.1, 0.15) is 9.49 Å². The number of ether oxygens (including phenoxy) is 1. The molecule has 0 saturated carbocycles. The van der Waals surface area contributed by atoms with Gasteiger partial charge >= 0.3 is 5.97 Å². The van der Waals surface area contributed by atoms with E-state index in [1.165, 1.54) is 0 Å². The molecule has 1 amide bonds. The highest BCUT2D eigenvalue weighted by Gasteiger charge is 2.25. The van der Waals surface area contributed by atoms with E-state index in [2.05, 4.69) is 10.1 Å². The Morgan fingerprint density at radius 2 is 2.00 bits per heavy atom. The summed E-state index contributed by atoms with van der Waals surface area (Å²) in [5.74, 6) is -4.41. The number of methoxy groups -OCH3 is 1. The van der Waals surface area contributed by atoms with Crippen molar-refractivity contribution in [1.82, 2.24) is 5.32 Å². The Balaban J connectivity index is 2.94. The molecule has 0 heterocycles. The lowest BCUT2D eigenvalue weighted by atomic mass is 10.1. The maximum Gasteiger partial charge on any atom is 0.320 e. The lowest BCUT2D eigenvalue weighted by Crippen LogP contribution is -2.34. The van der Waals surface area contributed by atoms with Gasteiger partial charge < -0.3 is 10.1 Å². The van der Waals surface area contributed by atoms with Crippen molar-refractivity contribution in [2.45, 2.75) is 3.92 Å². The maximum atomic E-state index is 13.1. The summed E-state index contributed by atoms with van der Waals surface area (Å²) in [4.78, 5) is 32.7. The summed E-state index contributed by atoms with van der Waals surface area (Å²) in [6.45, 7) is -0.178. The number of carbonyl (C=O) groups excluding carboxylic acids is 2. The Morgan fingerprint density at radius 1 is 1.43 bits per heavy atom. The van der Waals surface area contributed by atoms with Gasteiger partial charge in [-0.05, 0) is 6.07 Å². The molecule has 0 aliphatic carbocycles. The fraction of sp³-hybridized carbons (Fsp3) is 0.273. The summed E-state index contributed by atoms with van der Waals surface area (Å²) in [5, 5.41) is 13.0. The van der Waals surface area contributed by atoms with E-state index in [0.717, 1.165) is 7.11 Å². The number of halogens is 3. The van der Waals surface area contributed by atoms with Crippen LogP contribution in [0.5, 0.6) is 0 Å². The first kappa shape index (κ1) is 17.2. The van der Waals surface area contributed by atoms with Gasteiger partial charge in [0, 0.05) is 6.54 Å².